The lowest BCUT2D eigenvalue weighted by molar-refractivity contribution is 0.320. The van der Waals surface area contributed by atoms with Gasteiger partial charge >= 0.3 is 0 Å². The van der Waals surface area contributed by atoms with Crippen LogP contribution in [-0.4, -0.2) is 21.7 Å². The number of hydrogen-bond acceptors (Lipinski definition) is 5. The highest BCUT2D eigenvalue weighted by molar-refractivity contribution is 7.99. The third kappa shape index (κ3) is 4.56. The topological polar surface area (TPSA) is 75.2 Å². The van der Waals surface area contributed by atoms with Crippen LogP contribution >= 0.6 is 35.0 Å². The molecule has 2 aromatic carbocycles. The van der Waals surface area contributed by atoms with E-state index in [2.05, 4.69) is 9.97 Å². The number of aromatic amines is 1. The van der Waals surface area contributed by atoms with E-state index in [9.17, 15) is 9.90 Å². The van der Waals surface area contributed by atoms with Crippen molar-refractivity contribution in [2.45, 2.75) is 16.2 Å². The van der Waals surface area contributed by atoms with Crippen LogP contribution < -0.4 is 10.3 Å². The summed E-state index contributed by atoms with van der Waals surface area (Å²) in [5.74, 6) is 0.542. The Labute approximate surface area is 186 Å². The Morgan fingerprint density at radius 1 is 1.10 bits per heavy atom. The number of ether oxygens (including phenoxy) is 1. The fraction of sp³-hybridized carbons (Fsp3) is 0.0909. The molecular weight excluding hydrogens is 443 g/mol. The second-order valence-corrected chi connectivity index (χ2v) is 8.36. The van der Waals surface area contributed by atoms with E-state index in [4.69, 9.17) is 27.9 Å². The summed E-state index contributed by atoms with van der Waals surface area (Å²) in [6, 6.07) is 16.1. The number of aromatic nitrogens is 2. The zero-order valence-electron chi connectivity index (χ0n) is 15.6. The first-order chi connectivity index (χ1) is 14.5. The van der Waals surface area contributed by atoms with Crippen molar-refractivity contribution in [2.75, 3.05) is 6.61 Å². The van der Waals surface area contributed by atoms with Crippen molar-refractivity contribution in [3.8, 4) is 11.5 Å². The molecule has 0 aliphatic carbocycles. The molecule has 0 saturated carbocycles. The van der Waals surface area contributed by atoms with Crippen molar-refractivity contribution in [2.24, 2.45) is 0 Å². The van der Waals surface area contributed by atoms with Gasteiger partial charge in [-0.05, 0) is 48.5 Å². The summed E-state index contributed by atoms with van der Waals surface area (Å²) in [6.45, 7) is 0.510. The van der Waals surface area contributed by atoms with Gasteiger partial charge in [0.1, 0.15) is 16.4 Å². The fourth-order valence-electron chi connectivity index (χ4n) is 2.95. The van der Waals surface area contributed by atoms with Gasteiger partial charge in [0.2, 0.25) is 0 Å². The number of hydrogen-bond donors (Lipinski definition) is 2. The summed E-state index contributed by atoms with van der Waals surface area (Å²) < 4.78 is 5.75. The molecule has 30 heavy (non-hydrogen) atoms. The number of fused-ring (bicyclic) bond motifs is 1. The Bertz CT molecular complexity index is 1250. The van der Waals surface area contributed by atoms with Gasteiger partial charge in [0.25, 0.3) is 5.56 Å². The number of nitrogens with one attached hydrogen (secondary N) is 1. The Kier molecular flexibility index (Phi) is 6.18. The molecule has 0 aliphatic rings. The maximum absolute atomic E-state index is 12.5. The Hall–Kier alpha value is -2.67. The molecule has 0 unspecified atom stereocenters. The molecule has 0 saturated heterocycles. The molecule has 4 rings (SSSR count). The van der Waals surface area contributed by atoms with Crippen LogP contribution in [0.4, 0.5) is 0 Å². The third-order valence-corrected chi connectivity index (χ3v) is 5.97. The maximum Gasteiger partial charge on any atom is 0.266 e. The maximum atomic E-state index is 12.5. The lowest BCUT2D eigenvalue weighted by atomic mass is 10.2. The largest absolute Gasteiger partial charge is 0.506 e. The van der Waals surface area contributed by atoms with Gasteiger partial charge in [0.15, 0.2) is 0 Å². The second kappa shape index (κ2) is 9.00. The predicted molar refractivity (Wildman–Crippen MR) is 120 cm³/mol. The summed E-state index contributed by atoms with van der Waals surface area (Å²) in [5, 5.41) is 11.6. The van der Waals surface area contributed by atoms with E-state index < -0.39 is 5.56 Å². The van der Waals surface area contributed by atoms with Gasteiger partial charge in [-0.25, -0.2) is 0 Å². The van der Waals surface area contributed by atoms with Gasteiger partial charge in [0.05, 0.1) is 22.5 Å². The van der Waals surface area contributed by atoms with E-state index >= 15 is 0 Å². The molecule has 5 nitrogen and oxygen atoms in total. The van der Waals surface area contributed by atoms with Crippen LogP contribution in [0.15, 0.2) is 75.4 Å². The average molecular weight is 459 g/mol. The van der Waals surface area contributed by atoms with Crippen molar-refractivity contribution in [3.63, 3.8) is 0 Å². The lowest BCUT2D eigenvalue weighted by Crippen LogP contribution is -2.08. The van der Waals surface area contributed by atoms with E-state index in [1.54, 1.807) is 12.3 Å². The van der Waals surface area contributed by atoms with Crippen LogP contribution in [-0.2, 0) is 6.42 Å². The van der Waals surface area contributed by atoms with Crippen molar-refractivity contribution < 1.29 is 9.84 Å². The molecule has 152 valence electrons. The minimum atomic E-state index is -0.418. The second-order valence-electron chi connectivity index (χ2n) is 6.44. The number of pyridine rings is 2. The molecule has 0 bridgehead atoms. The van der Waals surface area contributed by atoms with Crippen molar-refractivity contribution in [1.82, 2.24) is 9.97 Å². The zero-order chi connectivity index (χ0) is 21.1. The number of nitrogens with zero attached hydrogens (tertiary/aromatic N) is 1. The highest BCUT2D eigenvalue weighted by atomic mass is 35.5. The van der Waals surface area contributed by atoms with Gasteiger partial charge in [-0.2, -0.15) is 0 Å². The van der Waals surface area contributed by atoms with Crippen molar-refractivity contribution in [3.05, 3.63) is 86.9 Å². The summed E-state index contributed by atoms with van der Waals surface area (Å²) in [6.07, 6.45) is 2.47. The van der Waals surface area contributed by atoms with Gasteiger partial charge < -0.3 is 14.8 Å². The minimum absolute atomic E-state index is 0.163. The van der Waals surface area contributed by atoms with Crippen LogP contribution in [0.3, 0.4) is 0 Å². The molecule has 2 aromatic heterocycles. The molecule has 8 heteroatoms. The minimum Gasteiger partial charge on any atom is -0.506 e. The summed E-state index contributed by atoms with van der Waals surface area (Å²) >= 11 is 13.3. The summed E-state index contributed by atoms with van der Waals surface area (Å²) in [4.78, 5) is 20.4. The molecule has 0 atom stereocenters. The number of halogens is 2. The van der Waals surface area contributed by atoms with Crippen LogP contribution in [0.5, 0.6) is 11.5 Å². The monoisotopic (exact) mass is 458 g/mol. The van der Waals surface area contributed by atoms with E-state index in [0.717, 1.165) is 22.4 Å². The first-order valence-corrected chi connectivity index (χ1v) is 10.6. The highest BCUT2D eigenvalue weighted by Gasteiger charge is 2.16. The first-order valence-electron chi connectivity index (χ1n) is 9.06. The quantitative estimate of drug-likeness (QED) is 0.387. The molecule has 4 aromatic rings. The van der Waals surface area contributed by atoms with Gasteiger partial charge in [-0.15, -0.1) is 0 Å². The van der Waals surface area contributed by atoms with E-state index in [-0.39, 0.29) is 15.7 Å². The van der Waals surface area contributed by atoms with Crippen LogP contribution in [0, 0.1) is 0 Å². The van der Waals surface area contributed by atoms with Gasteiger partial charge in [-0.3, -0.25) is 9.78 Å². The van der Waals surface area contributed by atoms with E-state index in [0.29, 0.717) is 34.7 Å². The van der Waals surface area contributed by atoms with Gasteiger partial charge in [-0.1, -0.05) is 41.0 Å². The van der Waals surface area contributed by atoms with E-state index in [1.807, 2.05) is 42.5 Å². The van der Waals surface area contributed by atoms with Gasteiger partial charge in [0, 0.05) is 28.2 Å². The molecule has 2 heterocycles. The molecular formula is C22H16Cl2N2O3S. The number of benzene rings is 2. The number of aromatic hydroxyl groups is 1. The fourth-order valence-corrected chi connectivity index (χ4v) is 4.38. The van der Waals surface area contributed by atoms with Crippen LogP contribution in [0.2, 0.25) is 10.0 Å². The highest BCUT2D eigenvalue weighted by Crippen LogP contribution is 2.39. The smallest absolute Gasteiger partial charge is 0.266 e. The number of rotatable bonds is 6. The Morgan fingerprint density at radius 3 is 2.63 bits per heavy atom. The molecule has 0 amide bonds. The zero-order valence-corrected chi connectivity index (χ0v) is 17.9. The lowest BCUT2D eigenvalue weighted by Gasteiger charge is -2.10. The molecule has 2 N–H and O–H groups in total. The Morgan fingerprint density at radius 2 is 1.90 bits per heavy atom. The van der Waals surface area contributed by atoms with E-state index in [1.165, 1.54) is 6.07 Å². The number of H-pyrrole nitrogens is 1. The SMILES string of the molecule is O=c1[nH]c2cc(Cl)cc(Cl)c2c(O)c1Sc1ccc(OCCc2ccccn2)cc1. The normalized spacial score (nSPS) is 11.0. The predicted octanol–water partition coefficient (Wildman–Crippen LogP) is 5.71. The first kappa shape index (κ1) is 20.6. The summed E-state index contributed by atoms with van der Waals surface area (Å²) in [5.41, 5.74) is 0.936. The molecule has 0 aliphatic heterocycles. The molecule has 0 radical (unpaired) electrons. The van der Waals surface area contributed by atoms with Crippen molar-refractivity contribution in [1.29, 1.82) is 0 Å². The standard InChI is InChI=1S/C22H16Cl2N2O3S/c23-13-11-17(24)19-18(12-13)26-22(28)21(20(19)27)30-16-6-4-15(5-7-16)29-10-8-14-3-1-2-9-25-14/h1-7,9,11-12H,8,10H2,(H2,26,27,28). The Balaban J connectivity index is 1.49. The third-order valence-electron chi connectivity index (χ3n) is 4.36. The van der Waals surface area contributed by atoms with Crippen LogP contribution in [0.25, 0.3) is 10.9 Å². The average Bonchev–Trinajstić information content (AvgIpc) is 2.72. The molecule has 0 spiro atoms. The van der Waals surface area contributed by atoms with Crippen LogP contribution in [0.1, 0.15) is 5.69 Å². The summed E-state index contributed by atoms with van der Waals surface area (Å²) in [7, 11) is 0. The molecule has 0 fully saturated rings. The van der Waals surface area contributed by atoms with Crippen molar-refractivity contribution >= 4 is 45.9 Å².